The van der Waals surface area contributed by atoms with E-state index in [2.05, 4.69) is 21.2 Å². The molecule has 7 heteroatoms. The van der Waals surface area contributed by atoms with E-state index in [0.717, 1.165) is 22.9 Å². The number of carbonyl (C=O) groups is 2. The fourth-order valence-corrected chi connectivity index (χ4v) is 3.11. The highest BCUT2D eigenvalue weighted by Crippen LogP contribution is 2.22. The number of hydrogen-bond donors (Lipinski definition) is 1. The number of carbonyl (C=O) groups excluding carboxylic acids is 2. The van der Waals surface area contributed by atoms with Gasteiger partial charge in [-0.2, -0.15) is 0 Å². The quantitative estimate of drug-likeness (QED) is 0.507. The van der Waals surface area contributed by atoms with E-state index in [-0.39, 0.29) is 19.1 Å². The Morgan fingerprint density at radius 3 is 2.63 bits per heavy atom. The van der Waals surface area contributed by atoms with Crippen molar-refractivity contribution in [1.82, 2.24) is 10.2 Å². The smallest absolute Gasteiger partial charge is 0.261 e. The van der Waals surface area contributed by atoms with Crippen LogP contribution in [-0.4, -0.2) is 35.9 Å². The van der Waals surface area contributed by atoms with Gasteiger partial charge in [-0.25, -0.2) is 4.39 Å². The molecule has 0 heterocycles. The summed E-state index contributed by atoms with van der Waals surface area (Å²) < 4.78 is 20.8. The van der Waals surface area contributed by atoms with E-state index >= 15 is 0 Å². The summed E-state index contributed by atoms with van der Waals surface area (Å²) in [4.78, 5) is 26.9. The molecule has 0 saturated carbocycles. The summed E-state index contributed by atoms with van der Waals surface area (Å²) in [5.41, 5.74) is 1.32. The fraction of sp³-hybridized carbons (Fsp3) is 0.391. The summed E-state index contributed by atoms with van der Waals surface area (Å²) in [5.74, 6) is -0.530. The van der Waals surface area contributed by atoms with E-state index in [0.29, 0.717) is 17.9 Å². The number of halogens is 2. The topological polar surface area (TPSA) is 58.6 Å². The highest BCUT2D eigenvalue weighted by atomic mass is 79.9. The van der Waals surface area contributed by atoms with Crippen LogP contribution in [-0.2, 0) is 16.1 Å². The Hall–Kier alpha value is -2.41. The predicted molar refractivity (Wildman–Crippen MR) is 119 cm³/mol. The number of aryl methyl sites for hydroxylation is 1. The molecular weight excluding hydrogens is 451 g/mol. The van der Waals surface area contributed by atoms with Crippen LogP contribution >= 0.6 is 15.9 Å². The van der Waals surface area contributed by atoms with Crippen LogP contribution in [0.2, 0.25) is 0 Å². The van der Waals surface area contributed by atoms with Gasteiger partial charge in [-0.3, -0.25) is 9.59 Å². The lowest BCUT2D eigenvalue weighted by Gasteiger charge is -2.29. The van der Waals surface area contributed by atoms with E-state index in [1.807, 2.05) is 26.0 Å². The van der Waals surface area contributed by atoms with Crippen LogP contribution < -0.4 is 10.1 Å². The van der Waals surface area contributed by atoms with E-state index in [4.69, 9.17) is 4.74 Å². The van der Waals surface area contributed by atoms with E-state index < -0.39 is 17.8 Å². The molecule has 0 saturated heterocycles. The zero-order valence-corrected chi connectivity index (χ0v) is 19.2. The first-order valence-corrected chi connectivity index (χ1v) is 10.8. The number of hydrogen-bond acceptors (Lipinski definition) is 3. The number of benzene rings is 2. The molecule has 1 unspecified atom stereocenters. The molecule has 0 radical (unpaired) electrons. The van der Waals surface area contributed by atoms with Gasteiger partial charge in [-0.05, 0) is 50.1 Å². The number of amides is 2. The summed E-state index contributed by atoms with van der Waals surface area (Å²) in [6.45, 7) is 5.87. The van der Waals surface area contributed by atoms with Crippen molar-refractivity contribution >= 4 is 27.7 Å². The third kappa shape index (κ3) is 6.83. The average Bonchev–Trinajstić information content (AvgIpc) is 2.73. The zero-order valence-electron chi connectivity index (χ0n) is 17.6. The van der Waals surface area contributed by atoms with Crippen LogP contribution in [0.5, 0.6) is 5.75 Å². The molecule has 1 N–H and O–H groups in total. The molecule has 0 aromatic heterocycles. The third-order valence-corrected chi connectivity index (χ3v) is 5.68. The molecule has 0 bridgehead atoms. The Morgan fingerprint density at radius 1 is 1.23 bits per heavy atom. The van der Waals surface area contributed by atoms with Gasteiger partial charge in [0.1, 0.15) is 17.6 Å². The minimum atomic E-state index is -0.760. The van der Waals surface area contributed by atoms with Crippen molar-refractivity contribution in [2.75, 3.05) is 13.2 Å². The van der Waals surface area contributed by atoms with Crippen molar-refractivity contribution in [2.45, 2.75) is 46.2 Å². The summed E-state index contributed by atoms with van der Waals surface area (Å²) in [6, 6.07) is 10.9. The van der Waals surface area contributed by atoms with Crippen molar-refractivity contribution in [1.29, 1.82) is 0 Å². The highest BCUT2D eigenvalue weighted by Gasteiger charge is 2.27. The van der Waals surface area contributed by atoms with Crippen LogP contribution in [0, 0.1) is 12.7 Å². The molecule has 2 rings (SSSR count). The molecule has 0 fully saturated rings. The first kappa shape index (κ1) is 23.9. The third-order valence-electron chi connectivity index (χ3n) is 4.79. The minimum absolute atomic E-state index is 0.0173. The lowest BCUT2D eigenvalue weighted by atomic mass is 10.1. The number of nitrogens with one attached hydrogen (secondary N) is 1. The second kappa shape index (κ2) is 11.7. The normalized spacial score (nSPS) is 11.6. The fourth-order valence-electron chi connectivity index (χ4n) is 2.86. The van der Waals surface area contributed by atoms with Crippen molar-refractivity contribution in [3.63, 3.8) is 0 Å². The van der Waals surface area contributed by atoms with Crippen molar-refractivity contribution in [3.8, 4) is 5.75 Å². The number of unbranched alkanes of at least 4 members (excludes halogenated alkanes) is 1. The van der Waals surface area contributed by atoms with Gasteiger partial charge in [-0.15, -0.1) is 0 Å². The zero-order chi connectivity index (χ0) is 22.1. The molecule has 0 aliphatic rings. The van der Waals surface area contributed by atoms with Crippen molar-refractivity contribution < 1.29 is 18.7 Å². The first-order chi connectivity index (χ1) is 14.3. The van der Waals surface area contributed by atoms with Gasteiger partial charge in [-0.1, -0.05) is 47.5 Å². The van der Waals surface area contributed by atoms with Crippen LogP contribution in [0.15, 0.2) is 46.9 Å². The van der Waals surface area contributed by atoms with Crippen LogP contribution in [0.25, 0.3) is 0 Å². The molecule has 2 amide bonds. The van der Waals surface area contributed by atoms with Gasteiger partial charge in [0.05, 0.1) is 0 Å². The molecular formula is C23H28BrFN2O3. The maximum atomic E-state index is 14.2. The van der Waals surface area contributed by atoms with Gasteiger partial charge in [0.15, 0.2) is 6.61 Å². The Balaban J connectivity index is 2.14. The molecule has 0 aliphatic heterocycles. The largest absolute Gasteiger partial charge is 0.484 e. The predicted octanol–water partition coefficient (Wildman–Crippen LogP) is 4.61. The minimum Gasteiger partial charge on any atom is -0.484 e. The van der Waals surface area contributed by atoms with Crippen LogP contribution in [0.3, 0.4) is 0 Å². The van der Waals surface area contributed by atoms with Gasteiger partial charge >= 0.3 is 0 Å². The number of rotatable bonds is 10. The number of nitrogens with zero attached hydrogens (tertiary/aromatic N) is 1. The Morgan fingerprint density at radius 2 is 1.97 bits per heavy atom. The molecule has 2 aromatic rings. The van der Waals surface area contributed by atoms with Crippen LogP contribution in [0.1, 0.15) is 37.8 Å². The lowest BCUT2D eigenvalue weighted by Crippen LogP contribution is -2.49. The van der Waals surface area contributed by atoms with Crippen molar-refractivity contribution in [2.24, 2.45) is 0 Å². The molecule has 162 valence electrons. The second-order valence-electron chi connectivity index (χ2n) is 7.13. The summed E-state index contributed by atoms with van der Waals surface area (Å²) in [7, 11) is 0. The Labute approximate surface area is 185 Å². The monoisotopic (exact) mass is 478 g/mol. The average molecular weight is 479 g/mol. The summed E-state index contributed by atoms with van der Waals surface area (Å²) in [5, 5.41) is 2.83. The van der Waals surface area contributed by atoms with Crippen LogP contribution in [0.4, 0.5) is 4.39 Å². The molecule has 2 aromatic carbocycles. The molecule has 1 atom stereocenters. The SMILES string of the molecule is CCCCNC(=O)C(C)N(Cc1ccccc1F)C(=O)COc1ccc(Br)c(C)c1. The maximum Gasteiger partial charge on any atom is 0.261 e. The van der Waals surface area contributed by atoms with E-state index in [1.54, 1.807) is 31.2 Å². The molecule has 5 nitrogen and oxygen atoms in total. The van der Waals surface area contributed by atoms with Gasteiger partial charge in [0.2, 0.25) is 5.91 Å². The molecule has 0 aliphatic carbocycles. The summed E-state index contributed by atoms with van der Waals surface area (Å²) in [6.07, 6.45) is 1.80. The van der Waals surface area contributed by atoms with Gasteiger partial charge in [0.25, 0.3) is 5.91 Å². The van der Waals surface area contributed by atoms with E-state index in [1.165, 1.54) is 11.0 Å². The Bertz CT molecular complexity index is 875. The summed E-state index contributed by atoms with van der Waals surface area (Å²) >= 11 is 3.43. The van der Waals surface area contributed by atoms with E-state index in [9.17, 15) is 14.0 Å². The molecule has 0 spiro atoms. The van der Waals surface area contributed by atoms with Crippen molar-refractivity contribution in [3.05, 3.63) is 63.9 Å². The highest BCUT2D eigenvalue weighted by molar-refractivity contribution is 9.10. The second-order valence-corrected chi connectivity index (χ2v) is 7.99. The standard InChI is InChI=1S/C23H28BrFN2O3/c1-4-5-12-26-23(29)17(3)27(14-18-8-6-7-9-21(18)25)22(28)15-30-19-10-11-20(24)16(2)13-19/h6-11,13,17H,4-5,12,14-15H2,1-3H3,(H,26,29). The Kier molecular flexibility index (Phi) is 9.30. The van der Waals surface area contributed by atoms with Gasteiger partial charge in [0, 0.05) is 23.1 Å². The number of ether oxygens (including phenoxy) is 1. The first-order valence-electron chi connectivity index (χ1n) is 10.0. The molecule has 30 heavy (non-hydrogen) atoms. The van der Waals surface area contributed by atoms with Gasteiger partial charge < -0.3 is 15.0 Å². The maximum absolute atomic E-state index is 14.2. The lowest BCUT2D eigenvalue weighted by molar-refractivity contribution is -0.142.